The number of hydrogen-bond acceptors (Lipinski definition) is 1. The number of likely N-dealkylation sites (N-methyl/N-ethyl adjacent to an activating group) is 2. The van der Waals surface area contributed by atoms with Gasteiger partial charge in [-0.25, -0.2) is 0 Å². The molecule has 0 saturated heterocycles. The van der Waals surface area contributed by atoms with Gasteiger partial charge in [-0.15, -0.1) is 0 Å². The average molecular weight is 836 g/mol. The average Bonchev–Trinajstić information content (AvgIpc) is 3.12. The number of aliphatic hydroxyl groups is 1. The molecule has 0 amide bonds. The Kier molecular flexibility index (Phi) is 50.5. The second kappa shape index (κ2) is 46.5. The standard InChI is InChI=1S/C51H108N2O.2ClH/c1-7-9-11-13-15-17-19-21-23-25-27-29-31-33-35-37-39-41-43-45-47-52(3,4)49-51(54)50-53(5,6)48-46-44-42-40-38-36-34-32-30-28-26-24-22-20-18-16-14-12-10-8-2;;/h51,54H,7-50H2,1-6H3;2*1H/q+2;;/p-2. The zero-order chi connectivity index (χ0) is 39.7. The summed E-state index contributed by atoms with van der Waals surface area (Å²) in [4.78, 5) is 0. The summed E-state index contributed by atoms with van der Waals surface area (Å²) >= 11 is 0. The van der Waals surface area contributed by atoms with Crippen molar-refractivity contribution in [3.05, 3.63) is 0 Å². The lowest BCUT2D eigenvalue weighted by atomic mass is 10.0. The molecule has 0 saturated carbocycles. The minimum Gasteiger partial charge on any atom is -1.00 e. The molecule has 0 aliphatic carbocycles. The smallest absolute Gasteiger partial charge is 0.152 e. The van der Waals surface area contributed by atoms with Gasteiger partial charge in [-0.3, -0.25) is 0 Å². The number of unbranched alkanes of at least 4 members (excludes halogenated alkanes) is 38. The first kappa shape index (κ1) is 60.8. The zero-order valence-electron chi connectivity index (χ0n) is 39.8. The summed E-state index contributed by atoms with van der Waals surface area (Å²) in [7, 11) is 9.32. The van der Waals surface area contributed by atoms with Gasteiger partial charge in [-0.05, 0) is 25.7 Å². The van der Waals surface area contributed by atoms with Crippen molar-refractivity contribution in [2.45, 2.75) is 277 Å². The molecule has 5 heteroatoms. The first-order valence-electron chi connectivity index (χ1n) is 25.5. The van der Waals surface area contributed by atoms with Crippen molar-refractivity contribution in [2.24, 2.45) is 0 Å². The molecule has 342 valence electrons. The maximum atomic E-state index is 11.0. The van der Waals surface area contributed by atoms with Crippen LogP contribution in [0.4, 0.5) is 0 Å². The Labute approximate surface area is 368 Å². The lowest BCUT2D eigenvalue weighted by Gasteiger charge is -2.36. The molecular formula is C51H108Cl2N2O. The van der Waals surface area contributed by atoms with E-state index in [1.54, 1.807) is 0 Å². The molecule has 0 aromatic carbocycles. The van der Waals surface area contributed by atoms with Crippen molar-refractivity contribution >= 4 is 0 Å². The maximum absolute atomic E-state index is 11.0. The topological polar surface area (TPSA) is 20.2 Å². The highest BCUT2D eigenvalue weighted by Crippen LogP contribution is 2.18. The van der Waals surface area contributed by atoms with Crippen LogP contribution in [0.5, 0.6) is 0 Å². The molecule has 0 aromatic heterocycles. The van der Waals surface area contributed by atoms with E-state index in [1.807, 2.05) is 0 Å². The van der Waals surface area contributed by atoms with Crippen molar-refractivity contribution in [2.75, 3.05) is 54.4 Å². The van der Waals surface area contributed by atoms with Crippen LogP contribution in [0.3, 0.4) is 0 Å². The third kappa shape index (κ3) is 48.8. The Bertz CT molecular complexity index is 660. The van der Waals surface area contributed by atoms with Gasteiger partial charge in [-0.1, -0.05) is 245 Å². The van der Waals surface area contributed by atoms with Crippen LogP contribution in [0.25, 0.3) is 0 Å². The van der Waals surface area contributed by atoms with E-state index in [9.17, 15) is 5.11 Å². The fourth-order valence-electron chi connectivity index (χ4n) is 8.97. The van der Waals surface area contributed by atoms with Gasteiger partial charge in [0.15, 0.2) is 6.10 Å². The Morgan fingerprint density at radius 3 is 0.571 bits per heavy atom. The SMILES string of the molecule is CCCCCCCCCCCCCCCCCCCCCC[N+](C)(C)CC(O)C[N+](C)(C)CCCCCCCCCCCCCCCCCCCCCC.[Cl-].[Cl-]. The van der Waals surface area contributed by atoms with E-state index in [2.05, 4.69) is 42.0 Å². The molecule has 0 spiro atoms. The lowest BCUT2D eigenvalue weighted by Crippen LogP contribution is -3.00. The minimum absolute atomic E-state index is 0. The molecule has 0 aliphatic heterocycles. The molecule has 0 atom stereocenters. The van der Waals surface area contributed by atoms with Crippen LogP contribution in [0.15, 0.2) is 0 Å². The number of nitrogens with zero attached hydrogens (tertiary/aromatic N) is 2. The van der Waals surface area contributed by atoms with Crippen LogP contribution in [0, 0.1) is 0 Å². The van der Waals surface area contributed by atoms with Gasteiger partial charge in [-0.2, -0.15) is 0 Å². The fourth-order valence-corrected chi connectivity index (χ4v) is 8.97. The summed E-state index contributed by atoms with van der Waals surface area (Å²) in [5, 5.41) is 11.0. The monoisotopic (exact) mass is 835 g/mol. The lowest BCUT2D eigenvalue weighted by molar-refractivity contribution is -0.914. The van der Waals surface area contributed by atoms with E-state index in [0.29, 0.717) is 0 Å². The Morgan fingerprint density at radius 2 is 0.411 bits per heavy atom. The van der Waals surface area contributed by atoms with Crippen LogP contribution in [0.1, 0.15) is 271 Å². The maximum Gasteiger partial charge on any atom is 0.152 e. The zero-order valence-corrected chi connectivity index (χ0v) is 41.3. The van der Waals surface area contributed by atoms with Crippen LogP contribution in [-0.2, 0) is 0 Å². The number of halogens is 2. The third-order valence-corrected chi connectivity index (χ3v) is 12.6. The quantitative estimate of drug-likeness (QED) is 0.0479. The predicted molar refractivity (Wildman–Crippen MR) is 246 cm³/mol. The second-order valence-corrected chi connectivity index (χ2v) is 19.8. The third-order valence-electron chi connectivity index (χ3n) is 12.6. The van der Waals surface area contributed by atoms with E-state index >= 15 is 0 Å². The fraction of sp³-hybridized carbons (Fsp3) is 1.00. The molecule has 0 bridgehead atoms. The molecule has 0 rings (SSSR count). The van der Waals surface area contributed by atoms with E-state index in [4.69, 9.17) is 0 Å². The Hall–Kier alpha value is 0.460. The van der Waals surface area contributed by atoms with Crippen molar-refractivity contribution in [3.63, 3.8) is 0 Å². The van der Waals surface area contributed by atoms with E-state index < -0.39 is 0 Å². The summed E-state index contributed by atoms with van der Waals surface area (Å²) in [6.07, 6.45) is 57.3. The molecule has 0 radical (unpaired) electrons. The molecule has 0 aromatic rings. The van der Waals surface area contributed by atoms with Crippen molar-refractivity contribution < 1.29 is 38.9 Å². The summed E-state index contributed by atoms with van der Waals surface area (Å²) in [5.74, 6) is 0. The largest absolute Gasteiger partial charge is 1.00 e. The molecule has 0 unspecified atom stereocenters. The van der Waals surface area contributed by atoms with E-state index in [1.165, 1.54) is 270 Å². The molecule has 0 aliphatic rings. The van der Waals surface area contributed by atoms with Crippen LogP contribution >= 0.6 is 0 Å². The van der Waals surface area contributed by atoms with Gasteiger partial charge in [0.1, 0.15) is 13.1 Å². The van der Waals surface area contributed by atoms with Gasteiger partial charge in [0, 0.05) is 0 Å². The van der Waals surface area contributed by atoms with Gasteiger partial charge in [0.05, 0.1) is 41.3 Å². The number of aliphatic hydroxyl groups excluding tert-OH is 1. The van der Waals surface area contributed by atoms with Crippen molar-refractivity contribution in [1.82, 2.24) is 0 Å². The van der Waals surface area contributed by atoms with Gasteiger partial charge < -0.3 is 38.9 Å². The second-order valence-electron chi connectivity index (χ2n) is 19.8. The first-order valence-corrected chi connectivity index (χ1v) is 25.5. The van der Waals surface area contributed by atoms with Gasteiger partial charge in [0.25, 0.3) is 0 Å². The summed E-state index contributed by atoms with van der Waals surface area (Å²) in [6, 6.07) is 0. The number of hydrogen-bond donors (Lipinski definition) is 1. The minimum atomic E-state index is -0.204. The highest BCUT2D eigenvalue weighted by atomic mass is 35.5. The van der Waals surface area contributed by atoms with Crippen molar-refractivity contribution in [3.8, 4) is 0 Å². The van der Waals surface area contributed by atoms with E-state index in [0.717, 1.165) is 22.1 Å². The van der Waals surface area contributed by atoms with Crippen LogP contribution in [0.2, 0.25) is 0 Å². The van der Waals surface area contributed by atoms with Gasteiger partial charge in [0.2, 0.25) is 0 Å². The molecule has 1 N–H and O–H groups in total. The summed E-state index contributed by atoms with van der Waals surface area (Å²) < 4.78 is 1.92. The number of rotatable bonds is 46. The first-order chi connectivity index (χ1) is 26.2. The van der Waals surface area contributed by atoms with Crippen LogP contribution in [-0.4, -0.2) is 74.5 Å². The van der Waals surface area contributed by atoms with Crippen molar-refractivity contribution in [1.29, 1.82) is 0 Å². The molecular weight excluding hydrogens is 727 g/mol. The molecule has 0 fully saturated rings. The molecule has 56 heavy (non-hydrogen) atoms. The van der Waals surface area contributed by atoms with Crippen LogP contribution < -0.4 is 24.8 Å². The normalized spacial score (nSPS) is 12.0. The predicted octanol–water partition coefficient (Wildman–Crippen LogP) is 10.2. The summed E-state index contributed by atoms with van der Waals surface area (Å²) in [5.41, 5.74) is 0. The molecule has 0 heterocycles. The van der Waals surface area contributed by atoms with Gasteiger partial charge >= 0.3 is 0 Å². The summed E-state index contributed by atoms with van der Waals surface area (Å²) in [6.45, 7) is 8.79. The van der Waals surface area contributed by atoms with E-state index in [-0.39, 0.29) is 30.9 Å². The highest BCUT2D eigenvalue weighted by Gasteiger charge is 2.26. The number of quaternary nitrogens is 2. The Balaban J connectivity index is -0.0000140. The Morgan fingerprint density at radius 1 is 0.268 bits per heavy atom. The highest BCUT2D eigenvalue weighted by molar-refractivity contribution is 4.56. The molecule has 3 nitrogen and oxygen atoms in total.